The fraction of sp³-hybridized carbons (Fsp3) is 0.500. The number of likely N-dealkylation sites (tertiary alicyclic amines) is 1. The minimum atomic E-state index is 0.761. The molecule has 1 aliphatic rings. The molecule has 2 rings (SSSR count). The van der Waals surface area contributed by atoms with E-state index in [1.54, 1.807) is 0 Å². The van der Waals surface area contributed by atoms with Crippen LogP contribution < -0.4 is 0 Å². The van der Waals surface area contributed by atoms with Crippen LogP contribution in [0.1, 0.15) is 43.7 Å². The van der Waals surface area contributed by atoms with Crippen molar-refractivity contribution in [1.29, 1.82) is 0 Å². The Hall–Kier alpha value is -1.08. The summed E-state index contributed by atoms with van der Waals surface area (Å²) in [6.45, 7) is 12.0. The van der Waals surface area contributed by atoms with Crippen molar-refractivity contribution in [2.24, 2.45) is 0 Å². The zero-order valence-electron chi connectivity index (χ0n) is 11.1. The van der Waals surface area contributed by atoms with Gasteiger partial charge in [-0.3, -0.25) is 0 Å². The lowest BCUT2D eigenvalue weighted by molar-refractivity contribution is 0.222. The van der Waals surface area contributed by atoms with Gasteiger partial charge in [-0.2, -0.15) is 0 Å². The molecule has 0 bridgehead atoms. The first-order valence-corrected chi connectivity index (χ1v) is 6.69. The molecular formula is C16H23N. The number of allylic oxidation sites excluding steroid dienone is 1. The molecule has 1 heteroatoms. The van der Waals surface area contributed by atoms with Crippen molar-refractivity contribution >= 4 is 5.57 Å². The highest BCUT2D eigenvalue weighted by atomic mass is 15.1. The van der Waals surface area contributed by atoms with Crippen LogP contribution in [0.25, 0.3) is 5.57 Å². The highest BCUT2D eigenvalue weighted by Gasteiger charge is 2.19. The molecule has 0 atom stereocenters. The van der Waals surface area contributed by atoms with Gasteiger partial charge in [0.1, 0.15) is 0 Å². The Morgan fingerprint density at radius 2 is 1.82 bits per heavy atom. The van der Waals surface area contributed by atoms with Crippen molar-refractivity contribution in [1.82, 2.24) is 4.90 Å². The summed E-state index contributed by atoms with van der Waals surface area (Å²) in [5.74, 6) is 0.761. The fourth-order valence-corrected chi connectivity index (χ4v) is 2.62. The van der Waals surface area contributed by atoms with E-state index < -0.39 is 0 Å². The van der Waals surface area contributed by atoms with Crippen LogP contribution in [0.3, 0.4) is 0 Å². The van der Waals surface area contributed by atoms with E-state index in [9.17, 15) is 0 Å². The number of hydrogen-bond acceptors (Lipinski definition) is 1. The SMILES string of the molecule is C=C(C)c1ccc(C2CCN(CC)CC2)cc1. The molecule has 1 saturated heterocycles. The molecule has 1 aromatic rings. The van der Waals surface area contributed by atoms with Crippen molar-refractivity contribution in [3.63, 3.8) is 0 Å². The lowest BCUT2D eigenvalue weighted by Gasteiger charge is -2.31. The number of piperidine rings is 1. The summed E-state index contributed by atoms with van der Waals surface area (Å²) < 4.78 is 0. The minimum absolute atomic E-state index is 0.761. The number of hydrogen-bond donors (Lipinski definition) is 0. The standard InChI is InChI=1S/C16H23N/c1-4-17-11-9-16(10-12-17)15-7-5-14(6-8-15)13(2)3/h5-8,16H,2,4,9-12H2,1,3H3. The Morgan fingerprint density at radius 1 is 1.24 bits per heavy atom. The normalized spacial score (nSPS) is 18.2. The summed E-state index contributed by atoms with van der Waals surface area (Å²) in [5.41, 5.74) is 3.92. The van der Waals surface area contributed by atoms with Gasteiger partial charge in [0.15, 0.2) is 0 Å². The van der Waals surface area contributed by atoms with E-state index in [0.717, 1.165) is 11.5 Å². The Bertz CT molecular complexity index is 369. The maximum absolute atomic E-state index is 3.98. The van der Waals surface area contributed by atoms with Gasteiger partial charge in [0, 0.05) is 0 Å². The van der Waals surface area contributed by atoms with E-state index in [4.69, 9.17) is 0 Å². The molecule has 1 heterocycles. The van der Waals surface area contributed by atoms with Gasteiger partial charge < -0.3 is 4.90 Å². The van der Waals surface area contributed by atoms with Gasteiger partial charge in [0.2, 0.25) is 0 Å². The lowest BCUT2D eigenvalue weighted by atomic mass is 9.88. The lowest BCUT2D eigenvalue weighted by Crippen LogP contribution is -2.32. The van der Waals surface area contributed by atoms with Gasteiger partial charge in [-0.25, -0.2) is 0 Å². The number of rotatable bonds is 3. The van der Waals surface area contributed by atoms with Gasteiger partial charge >= 0.3 is 0 Å². The maximum Gasteiger partial charge on any atom is -0.00130 e. The summed E-state index contributed by atoms with van der Waals surface area (Å²) in [5, 5.41) is 0. The van der Waals surface area contributed by atoms with Crippen LogP contribution in [0.4, 0.5) is 0 Å². The predicted molar refractivity (Wildman–Crippen MR) is 75.2 cm³/mol. The molecule has 0 unspecified atom stereocenters. The minimum Gasteiger partial charge on any atom is -0.304 e. The third-order valence-corrected chi connectivity index (χ3v) is 3.91. The third kappa shape index (κ3) is 2.98. The number of benzene rings is 1. The second kappa shape index (κ2) is 5.50. The Labute approximate surface area is 105 Å². The van der Waals surface area contributed by atoms with Gasteiger partial charge in [-0.1, -0.05) is 43.3 Å². The summed E-state index contributed by atoms with van der Waals surface area (Å²) in [7, 11) is 0. The van der Waals surface area contributed by atoms with Gasteiger partial charge in [0.25, 0.3) is 0 Å². The van der Waals surface area contributed by atoms with Gasteiger partial charge in [-0.05, 0) is 56.4 Å². The van der Waals surface area contributed by atoms with Crippen molar-refractivity contribution in [3.8, 4) is 0 Å². The molecule has 0 N–H and O–H groups in total. The molecule has 0 saturated carbocycles. The zero-order valence-corrected chi connectivity index (χ0v) is 11.1. The van der Waals surface area contributed by atoms with Crippen LogP contribution in [0, 0.1) is 0 Å². The average molecular weight is 229 g/mol. The predicted octanol–water partition coefficient (Wildman–Crippen LogP) is 3.92. The molecule has 1 aliphatic heterocycles. The van der Waals surface area contributed by atoms with Crippen LogP contribution in [0.5, 0.6) is 0 Å². The highest BCUT2D eigenvalue weighted by molar-refractivity contribution is 5.61. The summed E-state index contributed by atoms with van der Waals surface area (Å²) in [6.07, 6.45) is 2.61. The van der Waals surface area contributed by atoms with E-state index in [1.807, 2.05) is 0 Å². The monoisotopic (exact) mass is 229 g/mol. The molecule has 1 nitrogen and oxygen atoms in total. The van der Waals surface area contributed by atoms with Gasteiger partial charge in [-0.15, -0.1) is 0 Å². The van der Waals surface area contributed by atoms with Crippen LogP contribution >= 0.6 is 0 Å². The first-order valence-electron chi connectivity index (χ1n) is 6.69. The van der Waals surface area contributed by atoms with E-state index in [2.05, 4.69) is 49.6 Å². The van der Waals surface area contributed by atoms with Crippen LogP contribution in [-0.4, -0.2) is 24.5 Å². The second-order valence-corrected chi connectivity index (χ2v) is 5.11. The van der Waals surface area contributed by atoms with E-state index in [0.29, 0.717) is 0 Å². The van der Waals surface area contributed by atoms with Crippen molar-refractivity contribution in [3.05, 3.63) is 42.0 Å². The van der Waals surface area contributed by atoms with Crippen LogP contribution in [-0.2, 0) is 0 Å². The zero-order chi connectivity index (χ0) is 12.3. The van der Waals surface area contributed by atoms with Crippen LogP contribution in [0.15, 0.2) is 30.8 Å². The summed E-state index contributed by atoms with van der Waals surface area (Å²) >= 11 is 0. The van der Waals surface area contributed by atoms with Crippen molar-refractivity contribution in [2.75, 3.05) is 19.6 Å². The molecule has 0 aromatic heterocycles. The Morgan fingerprint density at radius 3 is 2.29 bits per heavy atom. The molecular weight excluding hydrogens is 206 g/mol. The second-order valence-electron chi connectivity index (χ2n) is 5.11. The van der Waals surface area contributed by atoms with Crippen molar-refractivity contribution < 1.29 is 0 Å². The molecule has 0 amide bonds. The van der Waals surface area contributed by atoms with Crippen molar-refractivity contribution in [2.45, 2.75) is 32.6 Å². The molecule has 17 heavy (non-hydrogen) atoms. The largest absolute Gasteiger partial charge is 0.304 e. The maximum atomic E-state index is 3.98. The summed E-state index contributed by atoms with van der Waals surface area (Å²) in [6, 6.07) is 9.00. The van der Waals surface area contributed by atoms with E-state index in [1.165, 1.54) is 43.6 Å². The topological polar surface area (TPSA) is 3.24 Å². The van der Waals surface area contributed by atoms with E-state index >= 15 is 0 Å². The molecule has 0 radical (unpaired) electrons. The fourth-order valence-electron chi connectivity index (χ4n) is 2.62. The Kier molecular flexibility index (Phi) is 4.01. The summed E-state index contributed by atoms with van der Waals surface area (Å²) in [4.78, 5) is 2.54. The molecule has 0 aliphatic carbocycles. The van der Waals surface area contributed by atoms with E-state index in [-0.39, 0.29) is 0 Å². The number of nitrogens with zero attached hydrogens (tertiary/aromatic N) is 1. The molecule has 1 fully saturated rings. The Balaban J connectivity index is 2.01. The third-order valence-electron chi connectivity index (χ3n) is 3.91. The van der Waals surface area contributed by atoms with Gasteiger partial charge in [0.05, 0.1) is 0 Å². The molecule has 0 spiro atoms. The smallest absolute Gasteiger partial charge is 0.00130 e. The molecule has 92 valence electrons. The highest BCUT2D eigenvalue weighted by Crippen LogP contribution is 2.28. The quantitative estimate of drug-likeness (QED) is 0.759. The van der Waals surface area contributed by atoms with Crippen LogP contribution in [0.2, 0.25) is 0 Å². The first-order chi connectivity index (χ1) is 8.20. The first kappa shape index (κ1) is 12.4. The molecule has 1 aromatic carbocycles. The average Bonchev–Trinajstić information content (AvgIpc) is 2.39.